The van der Waals surface area contributed by atoms with Crippen LogP contribution in [-0.4, -0.2) is 0 Å². The Kier molecular flexibility index (Phi) is 5.13. The third-order valence-corrected chi connectivity index (χ3v) is 5.80. The first-order valence-electron chi connectivity index (χ1n) is 9.21. The molecule has 27 heavy (non-hydrogen) atoms. The van der Waals surface area contributed by atoms with Crippen molar-refractivity contribution in [1.82, 2.24) is 0 Å². The first-order valence-corrected chi connectivity index (χ1v) is 10.0. The average Bonchev–Trinajstić information content (AvgIpc) is 2.72. The molecule has 0 saturated carbocycles. The lowest BCUT2D eigenvalue weighted by molar-refractivity contribution is 1.34. The summed E-state index contributed by atoms with van der Waals surface area (Å²) in [4.78, 5) is 2.53. The van der Waals surface area contributed by atoms with E-state index in [-0.39, 0.29) is 0 Å². The fourth-order valence-electron chi connectivity index (χ4n) is 3.32. The molecule has 0 aliphatic rings. The van der Waals surface area contributed by atoms with Crippen LogP contribution in [0.15, 0.2) is 107 Å². The van der Waals surface area contributed by atoms with Gasteiger partial charge in [0.05, 0.1) is 0 Å². The molecular formula is C26H22S. The zero-order valence-corrected chi connectivity index (χ0v) is 16.5. The highest BCUT2D eigenvalue weighted by Gasteiger charge is 2.07. The van der Waals surface area contributed by atoms with Crippen LogP contribution in [0.3, 0.4) is 0 Å². The maximum atomic E-state index is 2.30. The summed E-state index contributed by atoms with van der Waals surface area (Å²) in [5, 5.41) is 0. The Morgan fingerprint density at radius 1 is 0.481 bits per heavy atom. The van der Waals surface area contributed by atoms with Crippen LogP contribution in [0.4, 0.5) is 0 Å². The van der Waals surface area contributed by atoms with Gasteiger partial charge in [0.25, 0.3) is 0 Å². The highest BCUT2D eigenvalue weighted by Crippen LogP contribution is 2.35. The molecule has 0 aliphatic carbocycles. The Balaban J connectivity index is 1.67. The van der Waals surface area contributed by atoms with Gasteiger partial charge < -0.3 is 0 Å². The van der Waals surface area contributed by atoms with Gasteiger partial charge in [-0.05, 0) is 71.5 Å². The molecule has 0 nitrogen and oxygen atoms in total. The molecule has 0 amide bonds. The van der Waals surface area contributed by atoms with Crippen molar-refractivity contribution in [2.45, 2.75) is 23.6 Å². The standard InChI is InChI=1S/C26H22S/c1-19-13-15-23(17-25(19)21-9-5-3-6-10-21)27-24-16-14-20(2)26(18-24)22-11-7-4-8-12-22/h3-18H,1-2H3. The number of hydrogen-bond acceptors (Lipinski definition) is 1. The van der Waals surface area contributed by atoms with E-state index in [0.29, 0.717) is 0 Å². The maximum absolute atomic E-state index is 2.30. The molecule has 4 aromatic carbocycles. The molecule has 1 heteroatoms. The van der Waals surface area contributed by atoms with E-state index in [1.807, 2.05) is 11.8 Å². The highest BCUT2D eigenvalue weighted by atomic mass is 32.2. The number of aryl methyl sites for hydroxylation is 2. The third kappa shape index (κ3) is 3.99. The van der Waals surface area contributed by atoms with E-state index in [1.54, 1.807) is 0 Å². The van der Waals surface area contributed by atoms with Crippen LogP contribution in [0, 0.1) is 13.8 Å². The minimum atomic E-state index is 1.27. The Hall–Kier alpha value is -2.77. The molecule has 0 aromatic heterocycles. The summed E-state index contributed by atoms with van der Waals surface area (Å²) in [5.41, 5.74) is 7.75. The highest BCUT2D eigenvalue weighted by molar-refractivity contribution is 7.99. The van der Waals surface area contributed by atoms with Crippen LogP contribution in [-0.2, 0) is 0 Å². The number of benzene rings is 4. The van der Waals surface area contributed by atoms with Gasteiger partial charge in [0, 0.05) is 9.79 Å². The lowest BCUT2D eigenvalue weighted by Gasteiger charge is -2.11. The summed E-state index contributed by atoms with van der Waals surface area (Å²) in [6.07, 6.45) is 0. The summed E-state index contributed by atoms with van der Waals surface area (Å²) >= 11 is 1.82. The minimum absolute atomic E-state index is 1.27. The lowest BCUT2D eigenvalue weighted by atomic mass is 10.0. The molecule has 0 saturated heterocycles. The zero-order chi connectivity index (χ0) is 18.6. The van der Waals surface area contributed by atoms with Crippen molar-refractivity contribution < 1.29 is 0 Å². The van der Waals surface area contributed by atoms with Crippen LogP contribution in [0.1, 0.15) is 11.1 Å². The zero-order valence-electron chi connectivity index (χ0n) is 15.6. The van der Waals surface area contributed by atoms with Gasteiger partial charge in [0.1, 0.15) is 0 Å². The van der Waals surface area contributed by atoms with Crippen molar-refractivity contribution >= 4 is 11.8 Å². The van der Waals surface area contributed by atoms with Crippen molar-refractivity contribution in [2.75, 3.05) is 0 Å². The maximum Gasteiger partial charge on any atom is 0.0128 e. The fraction of sp³-hybridized carbons (Fsp3) is 0.0769. The topological polar surface area (TPSA) is 0 Å². The van der Waals surface area contributed by atoms with E-state index in [4.69, 9.17) is 0 Å². The number of hydrogen-bond donors (Lipinski definition) is 0. The van der Waals surface area contributed by atoms with E-state index in [9.17, 15) is 0 Å². The molecule has 0 bridgehead atoms. The Morgan fingerprint density at radius 3 is 1.30 bits per heavy atom. The second kappa shape index (κ2) is 7.85. The molecule has 0 spiro atoms. The van der Waals surface area contributed by atoms with Gasteiger partial charge >= 0.3 is 0 Å². The van der Waals surface area contributed by atoms with Gasteiger partial charge in [0.2, 0.25) is 0 Å². The molecular weight excluding hydrogens is 344 g/mol. The van der Waals surface area contributed by atoms with E-state index in [1.165, 1.54) is 43.2 Å². The van der Waals surface area contributed by atoms with Crippen molar-refractivity contribution in [1.29, 1.82) is 0 Å². The molecule has 0 aliphatic heterocycles. The molecule has 0 unspecified atom stereocenters. The Bertz CT molecular complexity index is 963. The second-order valence-electron chi connectivity index (χ2n) is 6.79. The monoisotopic (exact) mass is 366 g/mol. The van der Waals surface area contributed by atoms with Gasteiger partial charge in [-0.25, -0.2) is 0 Å². The molecule has 4 rings (SSSR count). The molecule has 0 fully saturated rings. The van der Waals surface area contributed by atoms with Crippen LogP contribution in [0.25, 0.3) is 22.3 Å². The van der Waals surface area contributed by atoms with Gasteiger partial charge in [-0.1, -0.05) is 84.6 Å². The summed E-state index contributed by atoms with van der Waals surface area (Å²) in [6.45, 7) is 4.35. The normalized spacial score (nSPS) is 10.7. The van der Waals surface area contributed by atoms with E-state index in [0.717, 1.165) is 0 Å². The summed E-state index contributed by atoms with van der Waals surface area (Å²) in [5.74, 6) is 0. The number of rotatable bonds is 4. The Labute approximate surface area is 165 Å². The van der Waals surface area contributed by atoms with Gasteiger partial charge in [-0.3, -0.25) is 0 Å². The average molecular weight is 367 g/mol. The molecule has 0 atom stereocenters. The third-order valence-electron chi connectivity index (χ3n) is 4.82. The summed E-state index contributed by atoms with van der Waals surface area (Å²) in [7, 11) is 0. The van der Waals surface area contributed by atoms with Crippen molar-refractivity contribution in [3.05, 3.63) is 108 Å². The van der Waals surface area contributed by atoms with Crippen LogP contribution >= 0.6 is 11.8 Å². The van der Waals surface area contributed by atoms with Gasteiger partial charge in [-0.2, -0.15) is 0 Å². The predicted molar refractivity (Wildman–Crippen MR) is 117 cm³/mol. The molecule has 0 radical (unpaired) electrons. The van der Waals surface area contributed by atoms with Crippen LogP contribution in [0.2, 0.25) is 0 Å². The quantitative estimate of drug-likeness (QED) is 0.355. The molecule has 0 N–H and O–H groups in total. The minimum Gasteiger partial charge on any atom is -0.0901 e. The van der Waals surface area contributed by atoms with Crippen molar-refractivity contribution in [3.8, 4) is 22.3 Å². The van der Waals surface area contributed by atoms with Crippen LogP contribution in [0.5, 0.6) is 0 Å². The fourth-order valence-corrected chi connectivity index (χ4v) is 4.22. The molecule has 132 valence electrons. The largest absolute Gasteiger partial charge is 0.0901 e. The van der Waals surface area contributed by atoms with Crippen LogP contribution < -0.4 is 0 Å². The SMILES string of the molecule is Cc1ccc(Sc2ccc(C)c(-c3ccccc3)c2)cc1-c1ccccc1. The first kappa shape index (κ1) is 17.6. The van der Waals surface area contributed by atoms with E-state index in [2.05, 4.69) is 111 Å². The summed E-state index contributed by atoms with van der Waals surface area (Å²) in [6, 6.07) is 34.7. The van der Waals surface area contributed by atoms with Crippen molar-refractivity contribution in [2.24, 2.45) is 0 Å². The molecule has 0 heterocycles. The van der Waals surface area contributed by atoms with Gasteiger partial charge in [-0.15, -0.1) is 0 Å². The molecule has 4 aromatic rings. The lowest BCUT2D eigenvalue weighted by Crippen LogP contribution is -1.86. The van der Waals surface area contributed by atoms with E-state index < -0.39 is 0 Å². The van der Waals surface area contributed by atoms with Crippen molar-refractivity contribution in [3.63, 3.8) is 0 Å². The Morgan fingerprint density at radius 2 is 0.889 bits per heavy atom. The first-order chi connectivity index (χ1) is 13.2. The predicted octanol–water partition coefficient (Wildman–Crippen LogP) is 7.79. The van der Waals surface area contributed by atoms with Gasteiger partial charge in [0.15, 0.2) is 0 Å². The summed E-state index contributed by atoms with van der Waals surface area (Å²) < 4.78 is 0. The smallest absolute Gasteiger partial charge is 0.0128 e. The second-order valence-corrected chi connectivity index (χ2v) is 7.93. The van der Waals surface area contributed by atoms with E-state index >= 15 is 0 Å².